The van der Waals surface area contributed by atoms with Gasteiger partial charge in [-0.1, -0.05) is 17.7 Å². The molecule has 0 spiro atoms. The van der Waals surface area contributed by atoms with Crippen molar-refractivity contribution in [3.8, 4) is 0 Å². The Morgan fingerprint density at radius 1 is 1.09 bits per heavy atom. The molecule has 35 heavy (non-hydrogen) atoms. The molecular weight excluding hydrogens is 466 g/mol. The van der Waals surface area contributed by atoms with Gasteiger partial charge in [-0.3, -0.25) is 0 Å². The van der Waals surface area contributed by atoms with Gasteiger partial charge in [0.2, 0.25) is 0 Å². The molecule has 1 amide bonds. The van der Waals surface area contributed by atoms with Gasteiger partial charge in [0.05, 0.1) is 10.3 Å². The highest BCUT2D eigenvalue weighted by Crippen LogP contribution is 2.31. The quantitative estimate of drug-likeness (QED) is 0.559. The van der Waals surface area contributed by atoms with Crippen LogP contribution in [0.1, 0.15) is 52.0 Å². The van der Waals surface area contributed by atoms with Gasteiger partial charge < -0.3 is 15.0 Å². The Balaban J connectivity index is 1.50. The zero-order chi connectivity index (χ0) is 25.4. The Bertz CT molecular complexity index is 1300. The number of aryl methyl sites for hydroxylation is 1. The summed E-state index contributed by atoms with van der Waals surface area (Å²) in [6.07, 6.45) is 5.94. The van der Waals surface area contributed by atoms with Crippen LogP contribution in [0.15, 0.2) is 47.8 Å². The third kappa shape index (κ3) is 5.42. The molecule has 9 nitrogen and oxygen atoms in total. The first-order valence-corrected chi connectivity index (χ1v) is 13.3. The summed E-state index contributed by atoms with van der Waals surface area (Å²) in [5.74, 6) is 0.691. The van der Waals surface area contributed by atoms with Gasteiger partial charge in [-0.15, -0.1) is 0 Å². The van der Waals surface area contributed by atoms with Gasteiger partial charge in [-0.25, -0.2) is 27.2 Å². The average molecular weight is 500 g/mol. The van der Waals surface area contributed by atoms with E-state index >= 15 is 0 Å². The number of anilines is 1. The van der Waals surface area contributed by atoms with E-state index in [1.165, 1.54) is 16.5 Å². The predicted molar refractivity (Wildman–Crippen MR) is 135 cm³/mol. The zero-order valence-electron chi connectivity index (χ0n) is 20.9. The maximum atomic E-state index is 13.3. The smallest absolute Gasteiger partial charge is 0.407 e. The Kier molecular flexibility index (Phi) is 6.77. The second-order valence-corrected chi connectivity index (χ2v) is 11.9. The number of nitrogens with one attached hydrogen (secondary N) is 1. The number of carbonyl (C=O) groups excluding carboxylic acids is 1. The van der Waals surface area contributed by atoms with Crippen LogP contribution in [-0.4, -0.2) is 53.2 Å². The topological polar surface area (TPSA) is 106 Å². The molecule has 1 aliphatic carbocycles. The van der Waals surface area contributed by atoms with Gasteiger partial charge in [0.25, 0.3) is 10.0 Å². The SMILES string of the molecule is Cc1ccc(S(=O)(=O)n2ccc3c(N(C)C4CCC(NC(=O)OC(C)(C)C)CC4)ncnc32)cc1. The number of alkyl carbamates (subject to hydrolysis) is 1. The maximum absolute atomic E-state index is 13.3. The maximum Gasteiger partial charge on any atom is 0.407 e. The van der Waals surface area contributed by atoms with E-state index in [-0.39, 0.29) is 23.1 Å². The Morgan fingerprint density at radius 2 is 1.74 bits per heavy atom. The number of amides is 1. The van der Waals surface area contributed by atoms with Crippen molar-refractivity contribution >= 4 is 33.0 Å². The molecule has 188 valence electrons. The molecule has 0 atom stereocenters. The highest BCUT2D eigenvalue weighted by atomic mass is 32.2. The van der Waals surface area contributed by atoms with Gasteiger partial charge in [-0.05, 0) is 71.6 Å². The lowest BCUT2D eigenvalue weighted by atomic mass is 9.90. The summed E-state index contributed by atoms with van der Waals surface area (Å²) in [4.78, 5) is 23.2. The minimum absolute atomic E-state index is 0.0700. The Morgan fingerprint density at radius 3 is 2.37 bits per heavy atom. The summed E-state index contributed by atoms with van der Waals surface area (Å²) in [6, 6.07) is 8.80. The monoisotopic (exact) mass is 499 g/mol. The highest BCUT2D eigenvalue weighted by Gasteiger charge is 2.29. The number of carbonyl (C=O) groups is 1. The van der Waals surface area contributed by atoms with Crippen molar-refractivity contribution in [2.24, 2.45) is 0 Å². The molecule has 1 aliphatic rings. The van der Waals surface area contributed by atoms with E-state index < -0.39 is 15.6 Å². The van der Waals surface area contributed by atoms with Crippen molar-refractivity contribution in [2.75, 3.05) is 11.9 Å². The van der Waals surface area contributed by atoms with Gasteiger partial charge in [0.15, 0.2) is 5.65 Å². The van der Waals surface area contributed by atoms with Crippen LogP contribution in [0.25, 0.3) is 11.0 Å². The van der Waals surface area contributed by atoms with E-state index in [9.17, 15) is 13.2 Å². The van der Waals surface area contributed by atoms with Crippen molar-refractivity contribution in [1.82, 2.24) is 19.3 Å². The minimum atomic E-state index is -3.78. The molecule has 1 N–H and O–H groups in total. The lowest BCUT2D eigenvalue weighted by Gasteiger charge is -2.36. The second kappa shape index (κ2) is 9.49. The predicted octanol–water partition coefficient (Wildman–Crippen LogP) is 4.25. The number of fused-ring (bicyclic) bond motifs is 1. The van der Waals surface area contributed by atoms with E-state index in [2.05, 4.69) is 20.2 Å². The van der Waals surface area contributed by atoms with Crippen LogP contribution in [-0.2, 0) is 14.8 Å². The van der Waals surface area contributed by atoms with Gasteiger partial charge in [0.1, 0.15) is 17.7 Å². The molecule has 10 heteroatoms. The zero-order valence-corrected chi connectivity index (χ0v) is 21.7. The highest BCUT2D eigenvalue weighted by molar-refractivity contribution is 7.90. The molecule has 4 rings (SSSR count). The van der Waals surface area contributed by atoms with Crippen molar-refractivity contribution in [3.63, 3.8) is 0 Å². The Labute approximate surface area is 206 Å². The van der Waals surface area contributed by atoms with Crippen LogP contribution in [0, 0.1) is 6.92 Å². The van der Waals surface area contributed by atoms with E-state index in [0.717, 1.165) is 31.2 Å². The van der Waals surface area contributed by atoms with Crippen LogP contribution in [0.5, 0.6) is 0 Å². The molecule has 0 unspecified atom stereocenters. The van der Waals surface area contributed by atoms with Crippen LogP contribution >= 0.6 is 0 Å². The number of aromatic nitrogens is 3. The molecule has 1 aromatic carbocycles. The minimum Gasteiger partial charge on any atom is -0.444 e. The molecule has 3 aromatic rings. The van der Waals surface area contributed by atoms with E-state index in [0.29, 0.717) is 16.9 Å². The summed E-state index contributed by atoms with van der Waals surface area (Å²) >= 11 is 0. The van der Waals surface area contributed by atoms with Crippen molar-refractivity contribution in [1.29, 1.82) is 0 Å². The molecule has 0 aliphatic heterocycles. The number of rotatable bonds is 5. The normalized spacial score (nSPS) is 18.9. The number of hydrogen-bond acceptors (Lipinski definition) is 7. The van der Waals surface area contributed by atoms with Crippen molar-refractivity contribution < 1.29 is 17.9 Å². The van der Waals surface area contributed by atoms with Crippen LogP contribution in [0.3, 0.4) is 0 Å². The number of hydrogen-bond donors (Lipinski definition) is 1. The first-order chi connectivity index (χ1) is 16.5. The number of nitrogens with zero attached hydrogens (tertiary/aromatic N) is 4. The molecule has 0 saturated heterocycles. The summed E-state index contributed by atoms with van der Waals surface area (Å²) < 4.78 is 33.1. The number of benzene rings is 1. The van der Waals surface area contributed by atoms with Crippen molar-refractivity contribution in [3.05, 3.63) is 48.4 Å². The van der Waals surface area contributed by atoms with Gasteiger partial charge in [0, 0.05) is 25.3 Å². The van der Waals surface area contributed by atoms with Gasteiger partial charge in [-0.2, -0.15) is 0 Å². The fourth-order valence-corrected chi connectivity index (χ4v) is 5.77. The summed E-state index contributed by atoms with van der Waals surface area (Å²) in [5, 5.41) is 3.65. The van der Waals surface area contributed by atoms with Crippen LogP contribution in [0.4, 0.5) is 10.6 Å². The van der Waals surface area contributed by atoms with Gasteiger partial charge >= 0.3 is 6.09 Å². The second-order valence-electron chi connectivity index (χ2n) is 10.1. The van der Waals surface area contributed by atoms with E-state index in [4.69, 9.17) is 4.74 Å². The molecule has 0 radical (unpaired) electrons. The molecular formula is C25H33N5O4S. The fourth-order valence-electron chi connectivity index (χ4n) is 4.47. The lowest BCUT2D eigenvalue weighted by molar-refractivity contribution is 0.0491. The lowest BCUT2D eigenvalue weighted by Crippen LogP contribution is -2.44. The first-order valence-electron chi connectivity index (χ1n) is 11.8. The summed E-state index contributed by atoms with van der Waals surface area (Å²) in [7, 11) is -1.81. The summed E-state index contributed by atoms with van der Waals surface area (Å²) in [6.45, 7) is 7.46. The Hall–Kier alpha value is -3.14. The van der Waals surface area contributed by atoms with E-state index in [1.807, 2.05) is 34.7 Å². The largest absolute Gasteiger partial charge is 0.444 e. The molecule has 0 bridgehead atoms. The van der Waals surface area contributed by atoms with Crippen LogP contribution < -0.4 is 10.2 Å². The third-order valence-electron chi connectivity index (χ3n) is 6.30. The van der Waals surface area contributed by atoms with E-state index in [1.54, 1.807) is 30.3 Å². The third-order valence-corrected chi connectivity index (χ3v) is 7.98. The van der Waals surface area contributed by atoms with Crippen LogP contribution in [0.2, 0.25) is 0 Å². The van der Waals surface area contributed by atoms with Crippen molar-refractivity contribution in [2.45, 2.75) is 76.0 Å². The molecule has 1 fully saturated rings. The standard InChI is InChI=1S/C25H33N5O4S/c1-17-6-12-20(13-7-17)35(32,33)30-15-14-21-22(26-16-27-23(21)30)29(5)19-10-8-18(9-11-19)28-24(31)34-25(2,3)4/h6-7,12-16,18-19H,8-11H2,1-5H3,(H,28,31). The molecule has 2 aromatic heterocycles. The molecule has 2 heterocycles. The number of ether oxygens (including phenoxy) is 1. The average Bonchev–Trinajstić information content (AvgIpc) is 3.23. The molecule has 1 saturated carbocycles. The summed E-state index contributed by atoms with van der Waals surface area (Å²) in [5.41, 5.74) is 0.815. The first kappa shape index (κ1) is 25.0. The fraction of sp³-hybridized carbons (Fsp3) is 0.480.